The van der Waals surface area contributed by atoms with Crippen LogP contribution >= 0.6 is 0 Å². The van der Waals surface area contributed by atoms with Crippen LogP contribution in [0.2, 0.25) is 0 Å². The van der Waals surface area contributed by atoms with Crippen LogP contribution < -0.4 is 5.32 Å². The fourth-order valence-corrected chi connectivity index (χ4v) is 1.91. The van der Waals surface area contributed by atoms with Gasteiger partial charge < -0.3 is 10.1 Å². The Balaban J connectivity index is 2.10. The van der Waals surface area contributed by atoms with E-state index < -0.39 is 0 Å². The lowest BCUT2D eigenvalue weighted by Crippen LogP contribution is -2.10. The van der Waals surface area contributed by atoms with Crippen LogP contribution in [0.25, 0.3) is 11.7 Å². The molecule has 0 aliphatic rings. The van der Waals surface area contributed by atoms with Gasteiger partial charge >= 0.3 is 0 Å². The van der Waals surface area contributed by atoms with Crippen molar-refractivity contribution < 1.29 is 4.74 Å². The van der Waals surface area contributed by atoms with E-state index in [-0.39, 0.29) is 0 Å². The summed E-state index contributed by atoms with van der Waals surface area (Å²) in [6.45, 7) is 3.60. The zero-order valence-corrected chi connectivity index (χ0v) is 12.2. The average Bonchev–Trinajstić information content (AvgIpc) is 2.87. The first-order valence-electron chi connectivity index (χ1n) is 7.09. The Kier molecular flexibility index (Phi) is 5.55. The number of hydrogen-bond donors (Lipinski definition) is 1. The molecule has 0 aromatic carbocycles. The molecular weight excluding hydrogens is 252 g/mol. The van der Waals surface area contributed by atoms with E-state index in [1.807, 2.05) is 22.8 Å². The number of ether oxygens (including phenoxy) is 1. The lowest BCUT2D eigenvalue weighted by atomic mass is 10.2. The first-order chi connectivity index (χ1) is 9.85. The van der Waals surface area contributed by atoms with Crippen LogP contribution in [-0.2, 0) is 4.74 Å². The van der Waals surface area contributed by atoms with E-state index in [1.165, 1.54) is 12.8 Å². The first kappa shape index (κ1) is 14.5. The van der Waals surface area contributed by atoms with E-state index in [4.69, 9.17) is 4.74 Å². The molecule has 0 unspecified atom stereocenters. The van der Waals surface area contributed by atoms with E-state index in [0.717, 1.165) is 30.1 Å². The summed E-state index contributed by atoms with van der Waals surface area (Å²) in [5.74, 6) is 0.829. The molecule has 0 aliphatic carbocycles. The Hall–Kier alpha value is -1.88. The summed E-state index contributed by atoms with van der Waals surface area (Å²) >= 11 is 0. The van der Waals surface area contributed by atoms with Gasteiger partial charge in [0.25, 0.3) is 0 Å². The highest BCUT2D eigenvalue weighted by molar-refractivity contribution is 5.53. The van der Waals surface area contributed by atoms with Crippen molar-refractivity contribution in [2.24, 2.45) is 0 Å². The Labute approximate surface area is 119 Å². The van der Waals surface area contributed by atoms with E-state index in [9.17, 15) is 0 Å². The molecule has 0 radical (unpaired) electrons. The number of imidazole rings is 1. The smallest absolute Gasteiger partial charge is 0.154 e. The second-order valence-corrected chi connectivity index (χ2v) is 4.64. The molecule has 2 aromatic heterocycles. The van der Waals surface area contributed by atoms with Crippen LogP contribution in [0, 0.1) is 0 Å². The number of nitrogens with zero attached hydrogens (tertiary/aromatic N) is 3. The van der Waals surface area contributed by atoms with E-state index >= 15 is 0 Å². The quantitative estimate of drug-likeness (QED) is 0.752. The largest absolute Gasteiger partial charge is 0.383 e. The Bertz CT molecular complexity index is 562. The number of nitrogens with one attached hydrogen (secondary N) is 1. The SMILES string of the molecule is CCCC/C=C/c1cnc2ccc(NCCOC)nn12. The molecule has 2 rings (SSSR count). The second kappa shape index (κ2) is 7.65. The molecule has 20 heavy (non-hydrogen) atoms. The van der Waals surface area contributed by atoms with E-state index in [1.54, 1.807) is 7.11 Å². The summed E-state index contributed by atoms with van der Waals surface area (Å²) in [6.07, 6.45) is 9.63. The number of unbranched alkanes of at least 4 members (excludes halogenated alkanes) is 2. The fraction of sp³-hybridized carbons (Fsp3) is 0.467. The van der Waals surface area contributed by atoms with Gasteiger partial charge in [0.15, 0.2) is 5.65 Å². The number of aromatic nitrogens is 3. The number of anilines is 1. The monoisotopic (exact) mass is 274 g/mol. The Morgan fingerprint density at radius 2 is 2.30 bits per heavy atom. The first-order valence-corrected chi connectivity index (χ1v) is 7.09. The summed E-state index contributed by atoms with van der Waals surface area (Å²) in [5.41, 5.74) is 1.86. The van der Waals surface area contributed by atoms with Crippen LogP contribution in [0.3, 0.4) is 0 Å². The summed E-state index contributed by atoms with van der Waals surface area (Å²) < 4.78 is 6.87. The van der Waals surface area contributed by atoms with Gasteiger partial charge in [-0.25, -0.2) is 9.50 Å². The van der Waals surface area contributed by atoms with Crippen molar-refractivity contribution in [3.8, 4) is 0 Å². The number of hydrogen-bond acceptors (Lipinski definition) is 4. The minimum Gasteiger partial charge on any atom is -0.383 e. The van der Waals surface area contributed by atoms with Crippen LogP contribution in [0.15, 0.2) is 24.4 Å². The summed E-state index contributed by atoms with van der Waals surface area (Å²) in [6, 6.07) is 3.90. The van der Waals surface area contributed by atoms with Crippen LogP contribution in [0.1, 0.15) is 31.9 Å². The van der Waals surface area contributed by atoms with Gasteiger partial charge in [0.2, 0.25) is 0 Å². The second-order valence-electron chi connectivity index (χ2n) is 4.64. The van der Waals surface area contributed by atoms with Crippen molar-refractivity contribution >= 4 is 17.5 Å². The third-order valence-electron chi connectivity index (χ3n) is 3.01. The van der Waals surface area contributed by atoms with E-state index in [0.29, 0.717) is 6.61 Å². The van der Waals surface area contributed by atoms with Gasteiger partial charge in [-0.2, -0.15) is 0 Å². The summed E-state index contributed by atoms with van der Waals surface area (Å²) in [7, 11) is 1.69. The standard InChI is InChI=1S/C15H22N4O/c1-3-4-5-6-7-13-12-17-15-9-8-14(18-19(13)15)16-10-11-20-2/h6-9,12H,3-5,10-11H2,1-2H3,(H,16,18)/b7-6+. The molecule has 0 amide bonds. The van der Waals surface area contributed by atoms with Crippen molar-refractivity contribution in [2.75, 3.05) is 25.6 Å². The minimum absolute atomic E-state index is 0.660. The average molecular weight is 274 g/mol. The van der Waals surface area contributed by atoms with Gasteiger partial charge in [-0.3, -0.25) is 0 Å². The molecule has 0 aliphatic heterocycles. The van der Waals surface area contributed by atoms with Crippen molar-refractivity contribution in [3.05, 3.63) is 30.1 Å². The van der Waals surface area contributed by atoms with Gasteiger partial charge in [-0.15, -0.1) is 5.10 Å². The van der Waals surface area contributed by atoms with Gasteiger partial charge in [0, 0.05) is 13.7 Å². The number of rotatable bonds is 8. The highest BCUT2D eigenvalue weighted by Crippen LogP contribution is 2.11. The molecule has 2 aromatic rings. The van der Waals surface area contributed by atoms with Crippen LogP contribution in [0.4, 0.5) is 5.82 Å². The third-order valence-corrected chi connectivity index (χ3v) is 3.01. The fourth-order valence-electron chi connectivity index (χ4n) is 1.91. The lowest BCUT2D eigenvalue weighted by Gasteiger charge is -2.05. The highest BCUT2D eigenvalue weighted by atomic mass is 16.5. The van der Waals surface area contributed by atoms with Gasteiger partial charge in [0.1, 0.15) is 5.82 Å². The number of fused-ring (bicyclic) bond motifs is 1. The minimum atomic E-state index is 0.660. The lowest BCUT2D eigenvalue weighted by molar-refractivity contribution is 0.210. The Morgan fingerprint density at radius 1 is 1.40 bits per heavy atom. The van der Waals surface area contributed by atoms with Crippen molar-refractivity contribution in [2.45, 2.75) is 26.2 Å². The number of methoxy groups -OCH3 is 1. The molecule has 0 bridgehead atoms. The van der Waals surface area contributed by atoms with Crippen molar-refractivity contribution in [1.82, 2.24) is 14.6 Å². The summed E-state index contributed by atoms with van der Waals surface area (Å²) in [4.78, 5) is 4.35. The molecule has 5 heteroatoms. The predicted molar refractivity (Wildman–Crippen MR) is 81.9 cm³/mol. The maximum atomic E-state index is 5.02. The molecular formula is C15H22N4O. The highest BCUT2D eigenvalue weighted by Gasteiger charge is 2.02. The van der Waals surface area contributed by atoms with Gasteiger partial charge in [-0.1, -0.05) is 25.8 Å². The molecule has 0 spiro atoms. The normalized spacial score (nSPS) is 11.5. The predicted octanol–water partition coefficient (Wildman–Crippen LogP) is 2.99. The molecule has 0 saturated heterocycles. The van der Waals surface area contributed by atoms with Crippen molar-refractivity contribution in [1.29, 1.82) is 0 Å². The van der Waals surface area contributed by atoms with Crippen LogP contribution in [-0.4, -0.2) is 34.9 Å². The zero-order chi connectivity index (χ0) is 14.2. The number of allylic oxidation sites excluding steroid dienone is 1. The maximum absolute atomic E-state index is 5.02. The maximum Gasteiger partial charge on any atom is 0.154 e. The molecule has 5 nitrogen and oxygen atoms in total. The summed E-state index contributed by atoms with van der Waals surface area (Å²) in [5, 5.41) is 7.76. The van der Waals surface area contributed by atoms with Gasteiger partial charge in [0.05, 0.1) is 18.5 Å². The Morgan fingerprint density at radius 3 is 3.10 bits per heavy atom. The van der Waals surface area contributed by atoms with Crippen LogP contribution in [0.5, 0.6) is 0 Å². The van der Waals surface area contributed by atoms with E-state index in [2.05, 4.69) is 34.5 Å². The molecule has 1 N–H and O–H groups in total. The zero-order valence-electron chi connectivity index (χ0n) is 12.2. The molecule has 2 heterocycles. The molecule has 0 saturated carbocycles. The molecule has 108 valence electrons. The molecule has 0 atom stereocenters. The topological polar surface area (TPSA) is 51.5 Å². The van der Waals surface area contributed by atoms with Crippen molar-refractivity contribution in [3.63, 3.8) is 0 Å². The third kappa shape index (κ3) is 3.81. The van der Waals surface area contributed by atoms with Gasteiger partial charge in [-0.05, 0) is 24.6 Å². The molecule has 0 fully saturated rings.